The fourth-order valence-electron chi connectivity index (χ4n) is 3.98. The van der Waals surface area contributed by atoms with Gasteiger partial charge >= 0.3 is 6.18 Å². The molecule has 0 saturated heterocycles. The van der Waals surface area contributed by atoms with Crippen LogP contribution >= 0.6 is 0 Å². The molecule has 0 radical (unpaired) electrons. The van der Waals surface area contributed by atoms with Gasteiger partial charge in [0.2, 0.25) is 10.0 Å². The molecule has 0 spiro atoms. The van der Waals surface area contributed by atoms with Crippen molar-refractivity contribution in [3.63, 3.8) is 0 Å². The Morgan fingerprint density at radius 1 is 1.05 bits per heavy atom. The lowest BCUT2D eigenvalue weighted by atomic mass is 9.95. The maximum absolute atomic E-state index is 13.8. The second-order valence-electron chi connectivity index (χ2n) is 9.91. The molecule has 37 heavy (non-hydrogen) atoms. The van der Waals surface area contributed by atoms with E-state index in [9.17, 15) is 35.5 Å². The zero-order valence-electron chi connectivity index (χ0n) is 21.5. The van der Waals surface area contributed by atoms with Gasteiger partial charge < -0.3 is 10.4 Å². The SMILES string of the molecule is CCCc1cc(C(F)(F)F)cc(S(=O)(=O)N(C)C[C@H](O)CNC(C)(C)CCCc2cc(F)ccc2F)c1. The first-order valence-electron chi connectivity index (χ1n) is 12.1. The Kier molecular flexibility index (Phi) is 10.6. The van der Waals surface area contributed by atoms with Crippen molar-refractivity contribution >= 4 is 10.0 Å². The van der Waals surface area contributed by atoms with E-state index in [-0.39, 0.29) is 24.2 Å². The van der Waals surface area contributed by atoms with Crippen LogP contribution in [-0.2, 0) is 29.0 Å². The highest BCUT2D eigenvalue weighted by atomic mass is 32.2. The van der Waals surface area contributed by atoms with Crippen LogP contribution in [-0.4, -0.2) is 49.6 Å². The predicted molar refractivity (Wildman–Crippen MR) is 133 cm³/mol. The number of hydrogen-bond acceptors (Lipinski definition) is 4. The summed E-state index contributed by atoms with van der Waals surface area (Å²) in [5, 5.41) is 13.6. The largest absolute Gasteiger partial charge is 0.416 e. The Bertz CT molecular complexity index is 1150. The number of nitrogens with one attached hydrogen (secondary N) is 1. The fraction of sp³-hybridized carbons (Fsp3) is 0.538. The van der Waals surface area contributed by atoms with Crippen LogP contribution in [0.5, 0.6) is 0 Å². The van der Waals surface area contributed by atoms with E-state index in [0.717, 1.165) is 28.6 Å². The van der Waals surface area contributed by atoms with Crippen molar-refractivity contribution < 1.29 is 35.5 Å². The Morgan fingerprint density at radius 3 is 2.35 bits per heavy atom. The summed E-state index contributed by atoms with van der Waals surface area (Å²) in [4.78, 5) is -0.474. The minimum Gasteiger partial charge on any atom is -0.390 e. The molecule has 0 amide bonds. The van der Waals surface area contributed by atoms with Crippen molar-refractivity contribution in [3.05, 3.63) is 64.7 Å². The van der Waals surface area contributed by atoms with E-state index in [4.69, 9.17) is 0 Å². The van der Waals surface area contributed by atoms with Crippen LogP contribution in [0.25, 0.3) is 0 Å². The number of aryl methyl sites for hydroxylation is 2. The van der Waals surface area contributed by atoms with Gasteiger partial charge in [-0.05, 0) is 87.1 Å². The molecule has 0 aliphatic heterocycles. The number of rotatable bonds is 13. The summed E-state index contributed by atoms with van der Waals surface area (Å²) in [5.74, 6) is -0.989. The van der Waals surface area contributed by atoms with Gasteiger partial charge in [0.05, 0.1) is 16.6 Å². The maximum atomic E-state index is 13.8. The minimum atomic E-state index is -4.69. The third-order valence-electron chi connectivity index (χ3n) is 6.08. The van der Waals surface area contributed by atoms with Crippen molar-refractivity contribution in [2.75, 3.05) is 20.1 Å². The standard InChI is InChI=1S/C26H35F5N2O3S/c1-5-7-18-12-20(26(29,30)31)15-23(13-18)37(35,36)33(4)17-22(34)16-32-25(2,3)11-6-8-19-14-21(27)9-10-24(19)28/h9-10,12-15,22,32,34H,5-8,11,16-17H2,1-4H3/t22-/m1/s1. The summed E-state index contributed by atoms with van der Waals surface area (Å²) >= 11 is 0. The van der Waals surface area contributed by atoms with Gasteiger partial charge in [-0.3, -0.25) is 0 Å². The fourth-order valence-corrected chi connectivity index (χ4v) is 5.29. The van der Waals surface area contributed by atoms with E-state index in [2.05, 4.69) is 5.32 Å². The monoisotopic (exact) mass is 550 g/mol. The lowest BCUT2D eigenvalue weighted by Crippen LogP contribution is -2.46. The Balaban J connectivity index is 1.98. The highest BCUT2D eigenvalue weighted by Crippen LogP contribution is 2.32. The first-order valence-corrected chi connectivity index (χ1v) is 13.5. The van der Waals surface area contributed by atoms with Crippen LogP contribution in [0, 0.1) is 11.6 Å². The Labute approximate surface area is 215 Å². The van der Waals surface area contributed by atoms with Gasteiger partial charge in [-0.1, -0.05) is 13.3 Å². The van der Waals surface area contributed by atoms with Gasteiger partial charge in [0.1, 0.15) is 11.6 Å². The smallest absolute Gasteiger partial charge is 0.390 e. The molecule has 2 aromatic carbocycles. The third kappa shape index (κ3) is 9.31. The third-order valence-corrected chi connectivity index (χ3v) is 7.88. The van der Waals surface area contributed by atoms with Crippen LogP contribution in [0.3, 0.4) is 0 Å². The molecule has 0 bridgehead atoms. The molecule has 0 aliphatic carbocycles. The molecule has 5 nitrogen and oxygen atoms in total. The molecule has 2 aromatic rings. The van der Waals surface area contributed by atoms with E-state index >= 15 is 0 Å². The van der Waals surface area contributed by atoms with E-state index < -0.39 is 49.9 Å². The lowest BCUT2D eigenvalue weighted by molar-refractivity contribution is -0.137. The molecule has 0 aromatic heterocycles. The van der Waals surface area contributed by atoms with Gasteiger partial charge in [0.25, 0.3) is 0 Å². The van der Waals surface area contributed by atoms with Crippen molar-refractivity contribution in [1.82, 2.24) is 9.62 Å². The average molecular weight is 551 g/mol. The van der Waals surface area contributed by atoms with Gasteiger partial charge in [0.15, 0.2) is 0 Å². The highest BCUT2D eigenvalue weighted by molar-refractivity contribution is 7.89. The first-order chi connectivity index (χ1) is 17.0. The quantitative estimate of drug-likeness (QED) is 0.332. The summed E-state index contributed by atoms with van der Waals surface area (Å²) < 4.78 is 94.0. The van der Waals surface area contributed by atoms with Crippen molar-refractivity contribution in [2.45, 2.75) is 75.6 Å². The number of halogens is 5. The number of benzene rings is 2. The molecule has 0 unspecified atom stereocenters. The van der Waals surface area contributed by atoms with E-state index in [1.807, 2.05) is 13.8 Å². The summed E-state index contributed by atoms with van der Waals surface area (Å²) in [6.07, 6.45) is -3.55. The van der Waals surface area contributed by atoms with Crippen molar-refractivity contribution in [3.8, 4) is 0 Å². The normalized spacial score (nSPS) is 13.8. The molecule has 1 atom stereocenters. The zero-order valence-corrected chi connectivity index (χ0v) is 22.3. The number of alkyl halides is 3. The van der Waals surface area contributed by atoms with E-state index in [0.29, 0.717) is 38.2 Å². The summed E-state index contributed by atoms with van der Waals surface area (Å²) in [6, 6.07) is 6.09. The van der Waals surface area contributed by atoms with Crippen LogP contribution < -0.4 is 5.32 Å². The molecule has 0 fully saturated rings. The summed E-state index contributed by atoms with van der Waals surface area (Å²) in [6.45, 7) is 5.19. The van der Waals surface area contributed by atoms with Crippen LogP contribution in [0.1, 0.15) is 56.7 Å². The molecule has 2 rings (SSSR count). The predicted octanol–water partition coefficient (Wildman–Crippen LogP) is 5.31. The van der Waals surface area contributed by atoms with Crippen molar-refractivity contribution in [2.24, 2.45) is 0 Å². The van der Waals surface area contributed by atoms with Gasteiger partial charge in [0, 0.05) is 25.7 Å². The maximum Gasteiger partial charge on any atom is 0.416 e. The molecular formula is C26H35F5N2O3S. The zero-order chi connectivity index (χ0) is 28.0. The number of sulfonamides is 1. The summed E-state index contributed by atoms with van der Waals surface area (Å²) in [5.41, 5.74) is -0.989. The molecule has 0 aliphatic rings. The number of β-amino-alcohol motifs (C(OH)–C–C–N with tert-alkyl or cyclic N) is 1. The lowest BCUT2D eigenvalue weighted by Gasteiger charge is -2.29. The topological polar surface area (TPSA) is 69.6 Å². The minimum absolute atomic E-state index is 0.0187. The van der Waals surface area contributed by atoms with Crippen LogP contribution in [0.15, 0.2) is 41.3 Å². The molecule has 11 heteroatoms. The van der Waals surface area contributed by atoms with Crippen molar-refractivity contribution in [1.29, 1.82) is 0 Å². The number of hydrogen-bond donors (Lipinski definition) is 2. The Morgan fingerprint density at radius 2 is 1.73 bits per heavy atom. The van der Waals surface area contributed by atoms with Crippen LogP contribution in [0.2, 0.25) is 0 Å². The van der Waals surface area contributed by atoms with E-state index in [1.54, 1.807) is 6.92 Å². The second-order valence-corrected chi connectivity index (χ2v) is 12.0. The number of aliphatic hydroxyl groups is 1. The summed E-state index contributed by atoms with van der Waals surface area (Å²) in [7, 11) is -3.08. The van der Waals surface area contributed by atoms with Crippen LogP contribution in [0.4, 0.5) is 22.0 Å². The average Bonchev–Trinajstić information content (AvgIpc) is 2.79. The van der Waals surface area contributed by atoms with Gasteiger partial charge in [-0.25, -0.2) is 17.2 Å². The molecule has 208 valence electrons. The molecular weight excluding hydrogens is 515 g/mol. The molecule has 0 saturated carbocycles. The molecule has 0 heterocycles. The first kappa shape index (κ1) is 31.1. The van der Waals surface area contributed by atoms with E-state index in [1.165, 1.54) is 13.1 Å². The Hall–Kier alpha value is -2.08. The number of likely N-dealkylation sites (N-methyl/N-ethyl adjacent to an activating group) is 1. The number of aliphatic hydroxyl groups excluding tert-OH is 1. The highest BCUT2D eigenvalue weighted by Gasteiger charge is 2.33. The van der Waals surface area contributed by atoms with Gasteiger partial charge in [-0.15, -0.1) is 0 Å². The second kappa shape index (κ2) is 12.6. The number of nitrogens with zero attached hydrogens (tertiary/aromatic N) is 1. The molecule has 2 N–H and O–H groups in total. The van der Waals surface area contributed by atoms with Gasteiger partial charge in [-0.2, -0.15) is 17.5 Å².